The molecule has 0 saturated heterocycles. The highest BCUT2D eigenvalue weighted by Gasteiger charge is 2.17. The molecule has 2 atom stereocenters. The Morgan fingerprint density at radius 1 is 0.821 bits per heavy atom. The lowest BCUT2D eigenvalue weighted by Crippen LogP contribution is -2.43. The number of aldehydes is 1. The zero-order valence-electron chi connectivity index (χ0n) is 18.5. The van der Waals surface area contributed by atoms with E-state index in [0.717, 1.165) is 32.1 Å². The summed E-state index contributed by atoms with van der Waals surface area (Å²) in [5.74, 6) is -0.164. The van der Waals surface area contributed by atoms with Crippen LogP contribution in [0.1, 0.15) is 117 Å². The smallest absolute Gasteiger partial charge is 0.220 e. The molecule has 0 saturated carbocycles. The van der Waals surface area contributed by atoms with Crippen molar-refractivity contribution in [2.75, 3.05) is 0 Å². The predicted octanol–water partition coefficient (Wildman–Crippen LogP) is 5.87. The minimum absolute atomic E-state index is 0.164. The van der Waals surface area contributed by atoms with Crippen molar-refractivity contribution in [2.24, 2.45) is 0 Å². The van der Waals surface area contributed by atoms with E-state index >= 15 is 0 Å². The molecular formula is C24H45NO3. The normalized spacial score (nSPS) is 13.5. The molecule has 4 heteroatoms. The Balaban J connectivity index is 3.67. The Kier molecular flexibility index (Phi) is 19.7. The number of carbonyl (C=O) groups is 2. The van der Waals surface area contributed by atoms with Crippen LogP contribution in [0.5, 0.6) is 0 Å². The average Bonchev–Trinajstić information content (AvgIpc) is 2.69. The molecule has 0 aliphatic rings. The first-order valence-corrected chi connectivity index (χ1v) is 11.7. The highest BCUT2D eigenvalue weighted by molar-refractivity contribution is 5.79. The molecule has 0 aromatic carbocycles. The Hall–Kier alpha value is -1.16. The summed E-state index contributed by atoms with van der Waals surface area (Å²) in [7, 11) is 0. The third kappa shape index (κ3) is 17.0. The molecule has 0 aliphatic heterocycles. The highest BCUT2D eigenvalue weighted by atomic mass is 16.3. The maximum atomic E-state index is 11.8. The van der Waals surface area contributed by atoms with Crippen molar-refractivity contribution in [3.05, 3.63) is 12.2 Å². The standard InChI is InChI=1S/C24H45NO3/c1-3-5-7-8-9-10-11-12-13-14-15-16-18-19-23(27)22(21-26)25-24(28)20-17-6-4-2/h18-19,21-23,27H,3-17,20H2,1-2H3,(H,25,28)/b19-18+/t22-,23+/m0/s1. The lowest BCUT2D eigenvalue weighted by molar-refractivity contribution is -0.125. The van der Waals surface area contributed by atoms with Gasteiger partial charge >= 0.3 is 0 Å². The van der Waals surface area contributed by atoms with E-state index in [9.17, 15) is 14.7 Å². The van der Waals surface area contributed by atoms with Crippen molar-refractivity contribution in [1.29, 1.82) is 0 Å². The third-order valence-corrected chi connectivity index (χ3v) is 5.16. The van der Waals surface area contributed by atoms with Crippen LogP contribution in [0.3, 0.4) is 0 Å². The van der Waals surface area contributed by atoms with Crippen molar-refractivity contribution in [3.63, 3.8) is 0 Å². The van der Waals surface area contributed by atoms with Gasteiger partial charge in [0.1, 0.15) is 12.3 Å². The monoisotopic (exact) mass is 395 g/mol. The number of hydrogen-bond acceptors (Lipinski definition) is 3. The van der Waals surface area contributed by atoms with Crippen LogP contribution in [0.2, 0.25) is 0 Å². The second kappa shape index (κ2) is 20.6. The fraction of sp³-hybridized carbons (Fsp3) is 0.833. The third-order valence-electron chi connectivity index (χ3n) is 5.16. The summed E-state index contributed by atoms with van der Waals surface area (Å²) >= 11 is 0. The molecule has 1 amide bonds. The van der Waals surface area contributed by atoms with Crippen LogP contribution in [-0.2, 0) is 9.59 Å². The summed E-state index contributed by atoms with van der Waals surface area (Å²) in [4.78, 5) is 22.9. The van der Waals surface area contributed by atoms with Crippen LogP contribution < -0.4 is 5.32 Å². The molecule has 28 heavy (non-hydrogen) atoms. The van der Waals surface area contributed by atoms with Gasteiger partial charge in [0.05, 0.1) is 6.10 Å². The van der Waals surface area contributed by atoms with E-state index in [4.69, 9.17) is 0 Å². The van der Waals surface area contributed by atoms with Gasteiger partial charge in [0.25, 0.3) is 0 Å². The molecule has 0 aromatic heterocycles. The van der Waals surface area contributed by atoms with Gasteiger partial charge in [-0.1, -0.05) is 103 Å². The van der Waals surface area contributed by atoms with Gasteiger partial charge in [-0.2, -0.15) is 0 Å². The molecule has 4 nitrogen and oxygen atoms in total. The van der Waals surface area contributed by atoms with Crippen molar-refractivity contribution < 1.29 is 14.7 Å². The largest absolute Gasteiger partial charge is 0.386 e. The van der Waals surface area contributed by atoms with Gasteiger partial charge in [0.15, 0.2) is 0 Å². The van der Waals surface area contributed by atoms with E-state index < -0.39 is 12.1 Å². The summed E-state index contributed by atoms with van der Waals surface area (Å²) in [6, 6.07) is -0.845. The summed E-state index contributed by atoms with van der Waals surface area (Å²) in [5, 5.41) is 12.7. The molecular weight excluding hydrogens is 350 g/mol. The van der Waals surface area contributed by atoms with Crippen LogP contribution in [-0.4, -0.2) is 29.4 Å². The molecule has 0 spiro atoms. The second-order valence-electron chi connectivity index (χ2n) is 7.93. The number of nitrogens with one attached hydrogen (secondary N) is 1. The number of carbonyl (C=O) groups excluding carboxylic acids is 2. The Labute approximate surface area is 173 Å². The Morgan fingerprint density at radius 3 is 1.86 bits per heavy atom. The van der Waals surface area contributed by atoms with E-state index in [-0.39, 0.29) is 5.91 Å². The molecule has 0 unspecified atom stereocenters. The number of aliphatic hydroxyl groups excluding tert-OH is 1. The van der Waals surface area contributed by atoms with Gasteiger partial charge in [0.2, 0.25) is 5.91 Å². The van der Waals surface area contributed by atoms with Crippen LogP contribution in [0.4, 0.5) is 0 Å². The predicted molar refractivity (Wildman–Crippen MR) is 118 cm³/mol. The number of hydrogen-bond donors (Lipinski definition) is 2. The Morgan fingerprint density at radius 2 is 1.32 bits per heavy atom. The summed E-state index contributed by atoms with van der Waals surface area (Å²) in [5.41, 5.74) is 0. The van der Waals surface area contributed by atoms with Crippen molar-refractivity contribution in [1.82, 2.24) is 5.32 Å². The first-order valence-electron chi connectivity index (χ1n) is 11.7. The molecule has 0 aromatic rings. The van der Waals surface area contributed by atoms with E-state index in [1.54, 1.807) is 6.08 Å². The minimum atomic E-state index is -0.944. The van der Waals surface area contributed by atoms with Gasteiger partial charge in [0, 0.05) is 6.42 Å². The maximum Gasteiger partial charge on any atom is 0.220 e. The fourth-order valence-electron chi connectivity index (χ4n) is 3.28. The Bertz CT molecular complexity index is 395. The molecule has 0 radical (unpaired) electrons. The highest BCUT2D eigenvalue weighted by Crippen LogP contribution is 2.12. The first kappa shape index (κ1) is 26.8. The van der Waals surface area contributed by atoms with Crippen LogP contribution in [0.15, 0.2) is 12.2 Å². The number of unbranched alkanes of at least 4 members (excludes halogenated alkanes) is 13. The first-order chi connectivity index (χ1) is 13.7. The van der Waals surface area contributed by atoms with Crippen LogP contribution in [0.25, 0.3) is 0 Å². The van der Waals surface area contributed by atoms with Crippen molar-refractivity contribution in [2.45, 2.75) is 129 Å². The van der Waals surface area contributed by atoms with Crippen LogP contribution in [0, 0.1) is 0 Å². The SMILES string of the molecule is CCCCCCCCCCCCC/C=C/[C@@H](O)[C@H](C=O)NC(=O)CCCCC. The molecule has 0 aliphatic carbocycles. The lowest BCUT2D eigenvalue weighted by atomic mass is 10.0. The second-order valence-corrected chi connectivity index (χ2v) is 7.93. The maximum absolute atomic E-state index is 11.8. The molecule has 0 rings (SSSR count). The van der Waals surface area contributed by atoms with E-state index in [1.807, 2.05) is 6.08 Å². The van der Waals surface area contributed by atoms with E-state index in [2.05, 4.69) is 19.2 Å². The fourth-order valence-corrected chi connectivity index (χ4v) is 3.28. The molecule has 164 valence electrons. The average molecular weight is 396 g/mol. The molecule has 0 fully saturated rings. The minimum Gasteiger partial charge on any atom is -0.386 e. The quantitative estimate of drug-likeness (QED) is 0.154. The van der Waals surface area contributed by atoms with Crippen LogP contribution >= 0.6 is 0 Å². The van der Waals surface area contributed by atoms with E-state index in [0.29, 0.717) is 12.7 Å². The van der Waals surface area contributed by atoms with Gasteiger partial charge in [-0.05, 0) is 19.3 Å². The summed E-state index contributed by atoms with van der Waals surface area (Å²) in [6.45, 7) is 4.33. The van der Waals surface area contributed by atoms with Gasteiger partial charge in [-0.25, -0.2) is 0 Å². The van der Waals surface area contributed by atoms with Gasteiger partial charge in [-0.15, -0.1) is 0 Å². The number of rotatable bonds is 20. The van der Waals surface area contributed by atoms with Crippen molar-refractivity contribution >= 4 is 12.2 Å². The lowest BCUT2D eigenvalue weighted by Gasteiger charge is -2.16. The zero-order valence-corrected chi connectivity index (χ0v) is 18.5. The number of allylic oxidation sites excluding steroid dienone is 1. The summed E-state index contributed by atoms with van der Waals surface area (Å²) in [6.07, 6.45) is 21.9. The van der Waals surface area contributed by atoms with E-state index in [1.165, 1.54) is 64.2 Å². The summed E-state index contributed by atoms with van der Waals surface area (Å²) < 4.78 is 0. The topological polar surface area (TPSA) is 66.4 Å². The number of amides is 1. The van der Waals surface area contributed by atoms with Gasteiger partial charge < -0.3 is 15.2 Å². The number of aliphatic hydroxyl groups is 1. The van der Waals surface area contributed by atoms with Gasteiger partial charge in [-0.3, -0.25) is 4.79 Å². The molecule has 0 heterocycles. The molecule has 0 bridgehead atoms. The molecule has 2 N–H and O–H groups in total. The van der Waals surface area contributed by atoms with Crippen molar-refractivity contribution in [3.8, 4) is 0 Å². The zero-order chi connectivity index (χ0) is 20.9.